The Bertz CT molecular complexity index is 1160. The van der Waals surface area contributed by atoms with Crippen LogP contribution in [0.2, 0.25) is 0 Å². The van der Waals surface area contributed by atoms with Crippen LogP contribution in [0.1, 0.15) is 30.8 Å². The molecule has 0 aliphatic carbocycles. The van der Waals surface area contributed by atoms with Gasteiger partial charge in [0.05, 0.1) is 11.1 Å². The molecule has 2 heterocycles. The lowest BCUT2D eigenvalue weighted by atomic mass is 9.92. The van der Waals surface area contributed by atoms with Crippen LogP contribution in [-0.4, -0.2) is 46.3 Å². The summed E-state index contributed by atoms with van der Waals surface area (Å²) in [6.45, 7) is 5.22. The minimum Gasteiger partial charge on any atom is -0.451 e. The minimum atomic E-state index is -0.729. The molecule has 1 aromatic heterocycles. The molecule has 0 spiro atoms. The Morgan fingerprint density at radius 2 is 1.58 bits per heavy atom. The molecular formula is C24H25N3O4. The highest BCUT2D eigenvalue weighted by molar-refractivity contribution is 6.02. The largest absolute Gasteiger partial charge is 0.451 e. The van der Waals surface area contributed by atoms with Gasteiger partial charge in [-0.2, -0.15) is 9.78 Å². The molecule has 0 N–H and O–H groups in total. The average molecular weight is 419 g/mol. The first-order valence-corrected chi connectivity index (χ1v) is 10.5. The third-order valence-electron chi connectivity index (χ3n) is 5.55. The number of rotatable bonds is 4. The third kappa shape index (κ3) is 4.35. The molecule has 7 nitrogen and oxygen atoms in total. The molecule has 1 fully saturated rings. The van der Waals surface area contributed by atoms with Crippen molar-refractivity contribution in [2.24, 2.45) is 11.8 Å². The maximum Gasteiger partial charge on any atom is 0.359 e. The van der Waals surface area contributed by atoms with E-state index in [9.17, 15) is 14.4 Å². The van der Waals surface area contributed by atoms with Crippen molar-refractivity contribution in [2.45, 2.75) is 20.3 Å². The lowest BCUT2D eigenvalue weighted by molar-refractivity contribution is -0.137. The number of carbonyl (C=O) groups excluding carboxylic acids is 2. The number of para-hydroxylation sites is 1. The molecule has 160 valence electrons. The molecule has 0 radical (unpaired) electrons. The van der Waals surface area contributed by atoms with Crippen molar-refractivity contribution in [3.05, 3.63) is 70.6 Å². The number of ether oxygens (including phenoxy) is 1. The van der Waals surface area contributed by atoms with Crippen LogP contribution in [0.25, 0.3) is 16.5 Å². The van der Waals surface area contributed by atoms with E-state index in [1.807, 2.05) is 6.07 Å². The third-order valence-corrected chi connectivity index (χ3v) is 5.55. The summed E-state index contributed by atoms with van der Waals surface area (Å²) in [6, 6.07) is 15.7. The number of nitrogens with zero attached hydrogens (tertiary/aromatic N) is 3. The van der Waals surface area contributed by atoms with Crippen molar-refractivity contribution in [1.29, 1.82) is 0 Å². The number of likely N-dealkylation sites (tertiary alicyclic amines) is 1. The SMILES string of the molecule is C[C@H]1C[C@H](C)CN(C(=O)COC(=O)c2nn(-c3ccccc3)c(=O)c3ccccc23)C1. The second-order valence-corrected chi connectivity index (χ2v) is 8.27. The zero-order valence-electron chi connectivity index (χ0n) is 17.7. The molecule has 0 bridgehead atoms. The first-order chi connectivity index (χ1) is 14.9. The Labute approximate surface area is 180 Å². The van der Waals surface area contributed by atoms with Gasteiger partial charge in [0.2, 0.25) is 0 Å². The van der Waals surface area contributed by atoms with Gasteiger partial charge in [-0.05, 0) is 36.5 Å². The molecule has 0 unspecified atom stereocenters. The van der Waals surface area contributed by atoms with Crippen molar-refractivity contribution in [1.82, 2.24) is 14.7 Å². The van der Waals surface area contributed by atoms with Crippen LogP contribution in [0.3, 0.4) is 0 Å². The maximum atomic E-state index is 12.9. The number of benzene rings is 2. The van der Waals surface area contributed by atoms with Crippen LogP contribution in [0.4, 0.5) is 0 Å². The molecule has 31 heavy (non-hydrogen) atoms. The van der Waals surface area contributed by atoms with Crippen LogP contribution >= 0.6 is 0 Å². The molecule has 0 saturated carbocycles. The van der Waals surface area contributed by atoms with Crippen LogP contribution in [0.5, 0.6) is 0 Å². The fourth-order valence-corrected chi connectivity index (χ4v) is 4.24. The van der Waals surface area contributed by atoms with Crippen LogP contribution in [0.15, 0.2) is 59.4 Å². The van der Waals surface area contributed by atoms with E-state index in [0.29, 0.717) is 41.4 Å². The molecule has 7 heteroatoms. The summed E-state index contributed by atoms with van der Waals surface area (Å²) in [7, 11) is 0. The van der Waals surface area contributed by atoms with Gasteiger partial charge in [0, 0.05) is 18.5 Å². The van der Waals surface area contributed by atoms with Gasteiger partial charge in [-0.1, -0.05) is 50.2 Å². The highest BCUT2D eigenvalue weighted by Gasteiger charge is 2.27. The standard InChI is InChI=1S/C24H25N3O4/c1-16-12-17(2)14-26(13-16)21(28)15-31-24(30)22-19-10-6-7-11-20(19)23(29)27(25-22)18-8-4-3-5-9-18/h3-11,16-17H,12-15H2,1-2H3/t16-,17-/m0/s1. The maximum absolute atomic E-state index is 12.9. The van der Waals surface area contributed by atoms with Crippen molar-refractivity contribution in [2.75, 3.05) is 19.7 Å². The van der Waals surface area contributed by atoms with E-state index in [2.05, 4.69) is 18.9 Å². The fraction of sp³-hybridized carbons (Fsp3) is 0.333. The Morgan fingerprint density at radius 1 is 0.968 bits per heavy atom. The van der Waals surface area contributed by atoms with E-state index in [-0.39, 0.29) is 23.8 Å². The number of hydrogen-bond acceptors (Lipinski definition) is 5. The summed E-state index contributed by atoms with van der Waals surface area (Å²) < 4.78 is 6.53. The number of piperidine rings is 1. The Morgan fingerprint density at radius 3 is 2.26 bits per heavy atom. The molecule has 1 saturated heterocycles. The van der Waals surface area contributed by atoms with E-state index in [0.717, 1.165) is 6.42 Å². The Hall–Kier alpha value is -3.48. The number of esters is 1. The van der Waals surface area contributed by atoms with Crippen LogP contribution < -0.4 is 5.56 Å². The van der Waals surface area contributed by atoms with E-state index in [4.69, 9.17) is 4.74 Å². The summed E-state index contributed by atoms with van der Waals surface area (Å²) in [5, 5.41) is 5.05. The fourth-order valence-electron chi connectivity index (χ4n) is 4.24. The Kier molecular flexibility index (Phi) is 5.84. The molecule has 3 aromatic rings. The summed E-state index contributed by atoms with van der Waals surface area (Å²) in [6.07, 6.45) is 1.08. The predicted octanol–water partition coefficient (Wildman–Crippen LogP) is 3.05. The molecule has 1 aliphatic heterocycles. The van der Waals surface area contributed by atoms with E-state index < -0.39 is 5.97 Å². The highest BCUT2D eigenvalue weighted by atomic mass is 16.5. The van der Waals surface area contributed by atoms with Gasteiger partial charge in [-0.25, -0.2) is 4.79 Å². The van der Waals surface area contributed by atoms with E-state index >= 15 is 0 Å². The zero-order valence-corrected chi connectivity index (χ0v) is 17.7. The molecular weight excluding hydrogens is 394 g/mol. The number of carbonyl (C=O) groups is 2. The van der Waals surface area contributed by atoms with Gasteiger partial charge in [0.25, 0.3) is 11.5 Å². The summed E-state index contributed by atoms with van der Waals surface area (Å²) in [5.41, 5.74) is 0.220. The quantitative estimate of drug-likeness (QED) is 0.607. The number of aromatic nitrogens is 2. The van der Waals surface area contributed by atoms with E-state index in [1.165, 1.54) is 4.68 Å². The summed E-state index contributed by atoms with van der Waals surface area (Å²) in [4.78, 5) is 40.2. The lowest BCUT2D eigenvalue weighted by Gasteiger charge is -2.34. The number of hydrogen-bond donors (Lipinski definition) is 0. The van der Waals surface area contributed by atoms with Crippen molar-refractivity contribution in [3.63, 3.8) is 0 Å². The molecule has 1 amide bonds. The summed E-state index contributed by atoms with van der Waals surface area (Å²) in [5.74, 6) is -0.105. The van der Waals surface area contributed by atoms with Gasteiger partial charge in [-0.15, -0.1) is 0 Å². The minimum absolute atomic E-state index is 0.00670. The number of amides is 1. The second-order valence-electron chi connectivity index (χ2n) is 8.27. The van der Waals surface area contributed by atoms with Gasteiger partial charge in [-0.3, -0.25) is 9.59 Å². The molecule has 1 aliphatic rings. The van der Waals surface area contributed by atoms with Gasteiger partial charge in [0.1, 0.15) is 0 Å². The normalized spacial score (nSPS) is 18.7. The Balaban J connectivity index is 1.61. The van der Waals surface area contributed by atoms with Gasteiger partial charge < -0.3 is 9.64 Å². The van der Waals surface area contributed by atoms with Gasteiger partial charge >= 0.3 is 5.97 Å². The molecule has 4 rings (SSSR count). The topological polar surface area (TPSA) is 81.5 Å². The zero-order chi connectivity index (χ0) is 22.0. The average Bonchev–Trinajstić information content (AvgIpc) is 2.77. The second kappa shape index (κ2) is 8.71. The first-order valence-electron chi connectivity index (χ1n) is 10.5. The summed E-state index contributed by atoms with van der Waals surface area (Å²) >= 11 is 0. The molecule has 2 aromatic carbocycles. The monoisotopic (exact) mass is 419 g/mol. The lowest BCUT2D eigenvalue weighted by Crippen LogP contribution is -2.44. The predicted molar refractivity (Wildman–Crippen MR) is 117 cm³/mol. The van der Waals surface area contributed by atoms with E-state index in [1.54, 1.807) is 53.4 Å². The first kappa shape index (κ1) is 20.8. The van der Waals surface area contributed by atoms with Crippen LogP contribution in [-0.2, 0) is 9.53 Å². The van der Waals surface area contributed by atoms with Crippen molar-refractivity contribution < 1.29 is 14.3 Å². The number of fused-ring (bicyclic) bond motifs is 1. The molecule has 2 atom stereocenters. The van der Waals surface area contributed by atoms with Crippen molar-refractivity contribution >= 4 is 22.6 Å². The van der Waals surface area contributed by atoms with Gasteiger partial charge in [0.15, 0.2) is 12.3 Å². The van der Waals surface area contributed by atoms with Crippen LogP contribution in [0, 0.1) is 11.8 Å². The smallest absolute Gasteiger partial charge is 0.359 e. The van der Waals surface area contributed by atoms with Crippen molar-refractivity contribution in [3.8, 4) is 5.69 Å². The highest BCUT2D eigenvalue weighted by Crippen LogP contribution is 2.21.